The molecule has 0 atom stereocenters. The van der Waals surface area contributed by atoms with Crippen LogP contribution in [0, 0.1) is 0 Å². The van der Waals surface area contributed by atoms with E-state index in [0.717, 1.165) is 0 Å². The minimum Gasteiger partial charge on any atom is -0.396 e. The minimum absolute atomic E-state index is 0.0769. The van der Waals surface area contributed by atoms with Crippen LogP contribution in [0.2, 0.25) is 0 Å². The summed E-state index contributed by atoms with van der Waals surface area (Å²) in [6.45, 7) is 0.578. The first-order valence-electron chi connectivity index (χ1n) is 4.41. The van der Waals surface area contributed by atoms with Gasteiger partial charge >= 0.3 is 0 Å². The molecule has 0 spiro atoms. The van der Waals surface area contributed by atoms with Gasteiger partial charge in [-0.05, 0) is 6.42 Å². The molecule has 1 amide bonds. The number of amides is 1. The summed E-state index contributed by atoms with van der Waals surface area (Å²) in [4.78, 5) is 11.3. The van der Waals surface area contributed by atoms with Gasteiger partial charge in [0.2, 0.25) is 0 Å². The quantitative estimate of drug-likeness (QED) is 0.255. The monoisotopic (exact) mass is 202 g/mol. The van der Waals surface area contributed by atoms with E-state index in [1.165, 1.54) is 7.05 Å². The second kappa shape index (κ2) is 7.02. The normalized spacial score (nSPS) is 11.6. The highest BCUT2D eigenvalue weighted by Gasteiger charge is 2.10. The summed E-state index contributed by atoms with van der Waals surface area (Å²) in [5.41, 5.74) is 5.85. The van der Waals surface area contributed by atoms with Crippen molar-refractivity contribution < 1.29 is 9.90 Å². The highest BCUT2D eigenvalue weighted by molar-refractivity contribution is 5.93. The molecule has 82 valence electrons. The first-order valence-corrected chi connectivity index (χ1v) is 4.41. The highest BCUT2D eigenvalue weighted by atomic mass is 16.3. The lowest BCUT2D eigenvalue weighted by Crippen LogP contribution is -2.35. The number of nitrogens with two attached hydrogens (primary N) is 1. The van der Waals surface area contributed by atoms with Gasteiger partial charge in [-0.3, -0.25) is 4.79 Å². The number of rotatable bonds is 6. The molecule has 0 aromatic carbocycles. The largest absolute Gasteiger partial charge is 0.396 e. The smallest absolute Gasteiger partial charge is 0.270 e. The summed E-state index contributed by atoms with van der Waals surface area (Å²) in [5, 5.41) is 16.6. The predicted molar refractivity (Wildman–Crippen MR) is 54.0 cm³/mol. The van der Waals surface area contributed by atoms with Crippen molar-refractivity contribution in [3.63, 3.8) is 0 Å². The number of likely N-dealkylation sites (N-methyl/N-ethyl adjacent to an activating group) is 1. The SMILES string of the molecule is CNC(=O)/C(NCCCO)=C(/N)NC. The Morgan fingerprint density at radius 2 is 2.00 bits per heavy atom. The molecule has 0 bridgehead atoms. The summed E-state index contributed by atoms with van der Waals surface area (Å²) >= 11 is 0. The van der Waals surface area contributed by atoms with E-state index >= 15 is 0 Å². The summed E-state index contributed by atoms with van der Waals surface area (Å²) in [6, 6.07) is 0. The molecule has 0 radical (unpaired) electrons. The van der Waals surface area contributed by atoms with Gasteiger partial charge in [0, 0.05) is 27.2 Å². The molecule has 0 saturated carbocycles. The molecule has 14 heavy (non-hydrogen) atoms. The number of aliphatic hydroxyl groups excluding tert-OH is 1. The zero-order chi connectivity index (χ0) is 11.0. The molecule has 0 heterocycles. The van der Waals surface area contributed by atoms with Crippen molar-refractivity contribution in [3.8, 4) is 0 Å². The zero-order valence-corrected chi connectivity index (χ0v) is 8.55. The van der Waals surface area contributed by atoms with E-state index in [1.807, 2.05) is 0 Å². The molecule has 6 nitrogen and oxygen atoms in total. The van der Waals surface area contributed by atoms with Crippen molar-refractivity contribution in [3.05, 3.63) is 11.5 Å². The molecule has 0 aliphatic rings. The molecule has 6 heteroatoms. The molecule has 0 aliphatic carbocycles. The maximum atomic E-state index is 11.3. The lowest BCUT2D eigenvalue weighted by atomic mass is 10.3. The summed E-state index contributed by atoms with van der Waals surface area (Å²) in [7, 11) is 3.16. The van der Waals surface area contributed by atoms with Crippen molar-refractivity contribution >= 4 is 5.91 Å². The molecule has 0 aromatic heterocycles. The Hall–Kier alpha value is -1.43. The fourth-order valence-electron chi connectivity index (χ4n) is 0.840. The predicted octanol–water partition coefficient (Wildman–Crippen LogP) is -1.95. The molecular weight excluding hydrogens is 184 g/mol. The standard InChI is InChI=1S/C8H18N4O2/c1-10-7(9)6(8(14)11-2)12-4-3-5-13/h10,12-13H,3-5,9H2,1-2H3,(H,11,14)/b7-6+. The highest BCUT2D eigenvalue weighted by Crippen LogP contribution is 1.92. The molecule has 6 N–H and O–H groups in total. The Kier molecular flexibility index (Phi) is 6.30. The van der Waals surface area contributed by atoms with Crippen molar-refractivity contribution in [1.82, 2.24) is 16.0 Å². The third kappa shape index (κ3) is 3.99. The van der Waals surface area contributed by atoms with E-state index < -0.39 is 0 Å². The van der Waals surface area contributed by atoms with Gasteiger partial charge in [0.25, 0.3) is 5.91 Å². The van der Waals surface area contributed by atoms with Crippen molar-refractivity contribution in [1.29, 1.82) is 0 Å². The Morgan fingerprint density at radius 3 is 2.43 bits per heavy atom. The van der Waals surface area contributed by atoms with Gasteiger partial charge < -0.3 is 26.8 Å². The van der Waals surface area contributed by atoms with E-state index in [0.29, 0.717) is 18.7 Å². The number of carbonyl (C=O) groups is 1. The van der Waals surface area contributed by atoms with E-state index in [2.05, 4.69) is 16.0 Å². The molecule has 0 aromatic rings. The van der Waals surface area contributed by atoms with Crippen molar-refractivity contribution in [2.24, 2.45) is 5.73 Å². The Labute approximate surface area is 83.5 Å². The second-order valence-electron chi connectivity index (χ2n) is 2.62. The molecule has 0 fully saturated rings. The van der Waals surface area contributed by atoms with Crippen molar-refractivity contribution in [2.75, 3.05) is 27.2 Å². The number of nitrogens with one attached hydrogen (secondary N) is 3. The number of hydrogen-bond acceptors (Lipinski definition) is 5. The van der Waals surface area contributed by atoms with Crippen LogP contribution < -0.4 is 21.7 Å². The van der Waals surface area contributed by atoms with Gasteiger partial charge in [-0.1, -0.05) is 0 Å². The third-order valence-electron chi connectivity index (χ3n) is 1.63. The second-order valence-corrected chi connectivity index (χ2v) is 2.62. The van der Waals surface area contributed by atoms with Gasteiger partial charge in [0.15, 0.2) is 0 Å². The number of aliphatic hydroxyl groups is 1. The van der Waals surface area contributed by atoms with Gasteiger partial charge in [0.1, 0.15) is 11.5 Å². The molecule has 0 unspecified atom stereocenters. The van der Waals surface area contributed by atoms with Crippen LogP contribution >= 0.6 is 0 Å². The van der Waals surface area contributed by atoms with Crippen LogP contribution in [-0.4, -0.2) is 38.3 Å². The molecular formula is C8H18N4O2. The number of hydrogen-bond donors (Lipinski definition) is 5. The van der Waals surface area contributed by atoms with Gasteiger partial charge in [0.05, 0.1) is 0 Å². The third-order valence-corrected chi connectivity index (χ3v) is 1.63. The number of carbonyl (C=O) groups excluding carboxylic acids is 1. The van der Waals surface area contributed by atoms with E-state index in [-0.39, 0.29) is 18.3 Å². The topological polar surface area (TPSA) is 99.4 Å². The average molecular weight is 202 g/mol. The van der Waals surface area contributed by atoms with Crippen molar-refractivity contribution in [2.45, 2.75) is 6.42 Å². The van der Waals surface area contributed by atoms with Crippen LogP contribution in [0.3, 0.4) is 0 Å². The summed E-state index contributed by atoms with van der Waals surface area (Å²) in [5.74, 6) is -0.00270. The van der Waals surface area contributed by atoms with E-state index in [1.54, 1.807) is 7.05 Å². The molecule has 0 rings (SSSR count). The molecule has 0 saturated heterocycles. The van der Waals surface area contributed by atoms with E-state index in [4.69, 9.17) is 10.8 Å². The Balaban J connectivity index is 4.34. The maximum Gasteiger partial charge on any atom is 0.270 e. The summed E-state index contributed by atoms with van der Waals surface area (Å²) < 4.78 is 0. The van der Waals surface area contributed by atoms with Crippen LogP contribution in [0.5, 0.6) is 0 Å². The average Bonchev–Trinajstić information content (AvgIpc) is 2.22. The first kappa shape index (κ1) is 12.6. The lowest BCUT2D eigenvalue weighted by Gasteiger charge is -2.12. The zero-order valence-electron chi connectivity index (χ0n) is 8.55. The fraction of sp³-hybridized carbons (Fsp3) is 0.625. The van der Waals surface area contributed by atoms with Crippen LogP contribution in [0.4, 0.5) is 0 Å². The summed E-state index contributed by atoms with van der Waals surface area (Å²) in [6.07, 6.45) is 0.567. The van der Waals surface area contributed by atoms with Crippen LogP contribution in [0.25, 0.3) is 0 Å². The van der Waals surface area contributed by atoms with Gasteiger partial charge in [-0.25, -0.2) is 0 Å². The van der Waals surface area contributed by atoms with Gasteiger partial charge in [-0.2, -0.15) is 0 Å². The fourth-order valence-corrected chi connectivity index (χ4v) is 0.840. The Bertz CT molecular complexity index is 215. The van der Waals surface area contributed by atoms with Crippen LogP contribution in [-0.2, 0) is 4.79 Å². The van der Waals surface area contributed by atoms with Crippen LogP contribution in [0.1, 0.15) is 6.42 Å². The van der Waals surface area contributed by atoms with Crippen LogP contribution in [0.15, 0.2) is 11.5 Å². The lowest BCUT2D eigenvalue weighted by molar-refractivity contribution is -0.117. The minimum atomic E-state index is -0.283. The van der Waals surface area contributed by atoms with E-state index in [9.17, 15) is 4.79 Å². The maximum absolute atomic E-state index is 11.3. The first-order chi connectivity index (χ1) is 6.67. The molecule has 0 aliphatic heterocycles. The Morgan fingerprint density at radius 1 is 1.36 bits per heavy atom. The van der Waals surface area contributed by atoms with Gasteiger partial charge in [-0.15, -0.1) is 0 Å².